The van der Waals surface area contributed by atoms with Gasteiger partial charge in [0.1, 0.15) is 0 Å². The third-order valence-electron chi connectivity index (χ3n) is 4.21. The molecule has 4 rings (SSSR count). The number of rotatable bonds is 7. The molecule has 0 bridgehead atoms. The van der Waals surface area contributed by atoms with Crippen molar-refractivity contribution in [1.82, 2.24) is 20.2 Å². The van der Waals surface area contributed by atoms with Crippen molar-refractivity contribution in [2.75, 3.05) is 17.7 Å². The number of aromatic amines is 1. The molecular weight excluding hydrogens is 450 g/mol. The van der Waals surface area contributed by atoms with Gasteiger partial charge in [0, 0.05) is 5.56 Å². The van der Waals surface area contributed by atoms with Crippen LogP contribution in [0.1, 0.15) is 17.3 Å². The molecule has 1 amide bonds. The van der Waals surface area contributed by atoms with Crippen LogP contribution in [-0.2, 0) is 9.53 Å². The first-order chi connectivity index (χ1) is 15.5. The molecule has 0 fully saturated rings. The largest absolute Gasteiger partial charge is 0.462 e. The van der Waals surface area contributed by atoms with Crippen LogP contribution in [0.25, 0.3) is 21.5 Å². The fourth-order valence-corrected chi connectivity index (χ4v) is 4.31. The number of benzene rings is 2. The number of hydrogen-bond donors (Lipinski definition) is 2. The van der Waals surface area contributed by atoms with Crippen LogP contribution in [0.4, 0.5) is 5.13 Å². The fourth-order valence-electron chi connectivity index (χ4n) is 2.78. The van der Waals surface area contributed by atoms with E-state index in [0.717, 1.165) is 16.5 Å². The number of H-pyrrole nitrogens is 1. The van der Waals surface area contributed by atoms with Crippen molar-refractivity contribution in [1.29, 1.82) is 0 Å². The number of nitrogens with zero attached hydrogens (tertiary/aromatic N) is 3. The molecule has 4 aromatic rings. The smallest absolute Gasteiger partial charge is 0.338 e. The predicted octanol–water partition coefficient (Wildman–Crippen LogP) is 3.35. The highest BCUT2D eigenvalue weighted by Gasteiger charge is 2.13. The quantitative estimate of drug-likeness (QED) is 0.313. The number of hydrogen-bond acceptors (Lipinski definition) is 9. The summed E-state index contributed by atoms with van der Waals surface area (Å²) in [5, 5.41) is 11.3. The van der Waals surface area contributed by atoms with Crippen LogP contribution in [0.2, 0.25) is 0 Å². The number of amides is 1. The molecule has 32 heavy (non-hydrogen) atoms. The van der Waals surface area contributed by atoms with E-state index in [2.05, 4.69) is 25.5 Å². The Labute approximate surface area is 190 Å². The molecule has 9 nitrogen and oxygen atoms in total. The van der Waals surface area contributed by atoms with E-state index < -0.39 is 5.97 Å². The van der Waals surface area contributed by atoms with Gasteiger partial charge in [-0.05, 0) is 25.1 Å². The number of aromatic nitrogens is 4. The standard InChI is InChI=1S/C21H17N5O4S2/c1-2-30-19(29)13-8-9-14-15(10-13)32-20(22-14)23-16(27)11-31-21-24-18(28)17(25-26-21)12-6-4-3-5-7-12/h3-10H,2,11H2,1H3,(H,22,23,27)(H,24,26,28). The molecule has 0 radical (unpaired) electrons. The average Bonchev–Trinajstić information content (AvgIpc) is 3.20. The van der Waals surface area contributed by atoms with E-state index in [9.17, 15) is 14.4 Å². The van der Waals surface area contributed by atoms with Gasteiger partial charge in [0.2, 0.25) is 5.91 Å². The summed E-state index contributed by atoms with van der Waals surface area (Å²) in [5.41, 5.74) is 1.60. The zero-order valence-electron chi connectivity index (χ0n) is 16.8. The van der Waals surface area contributed by atoms with Gasteiger partial charge >= 0.3 is 5.97 Å². The summed E-state index contributed by atoms with van der Waals surface area (Å²) in [7, 11) is 0. The Morgan fingerprint density at radius 3 is 2.72 bits per heavy atom. The lowest BCUT2D eigenvalue weighted by atomic mass is 10.2. The Morgan fingerprint density at radius 2 is 1.97 bits per heavy atom. The van der Waals surface area contributed by atoms with Gasteiger partial charge in [-0.3, -0.25) is 14.6 Å². The van der Waals surface area contributed by atoms with E-state index in [1.165, 1.54) is 11.3 Å². The number of fused-ring (bicyclic) bond motifs is 1. The summed E-state index contributed by atoms with van der Waals surface area (Å²) in [5.74, 6) is -0.702. The van der Waals surface area contributed by atoms with Crippen LogP contribution in [0, 0.1) is 0 Å². The second-order valence-electron chi connectivity index (χ2n) is 6.43. The fraction of sp³-hybridized carbons (Fsp3) is 0.143. The maximum absolute atomic E-state index is 12.3. The first-order valence-corrected chi connectivity index (χ1v) is 11.4. The van der Waals surface area contributed by atoms with Crippen LogP contribution in [0.3, 0.4) is 0 Å². The van der Waals surface area contributed by atoms with E-state index in [-0.39, 0.29) is 28.1 Å². The minimum absolute atomic E-state index is 0.0132. The lowest BCUT2D eigenvalue weighted by Gasteiger charge is -2.02. The summed E-state index contributed by atoms with van der Waals surface area (Å²) < 4.78 is 5.75. The Balaban J connectivity index is 1.38. The van der Waals surface area contributed by atoms with E-state index in [1.54, 1.807) is 37.3 Å². The van der Waals surface area contributed by atoms with Crippen molar-refractivity contribution in [2.24, 2.45) is 0 Å². The van der Waals surface area contributed by atoms with Gasteiger partial charge in [0.05, 0.1) is 28.1 Å². The monoisotopic (exact) mass is 467 g/mol. The van der Waals surface area contributed by atoms with Crippen LogP contribution < -0.4 is 10.9 Å². The second kappa shape index (κ2) is 9.71. The maximum Gasteiger partial charge on any atom is 0.338 e. The first kappa shape index (κ1) is 21.7. The first-order valence-electron chi connectivity index (χ1n) is 9.56. The van der Waals surface area contributed by atoms with Crippen molar-refractivity contribution in [3.05, 3.63) is 64.4 Å². The van der Waals surface area contributed by atoms with Crippen molar-refractivity contribution in [3.63, 3.8) is 0 Å². The van der Waals surface area contributed by atoms with Crippen LogP contribution >= 0.6 is 23.1 Å². The Kier molecular flexibility index (Phi) is 6.57. The Morgan fingerprint density at radius 1 is 1.16 bits per heavy atom. The molecule has 0 aliphatic rings. The SMILES string of the molecule is CCOC(=O)c1ccc2nc(NC(=O)CSc3nnc(-c4ccccc4)c(=O)[nH]3)sc2c1. The molecular formula is C21H17N5O4S2. The number of thiazole rings is 1. The molecule has 0 saturated carbocycles. The highest BCUT2D eigenvalue weighted by Crippen LogP contribution is 2.27. The zero-order chi connectivity index (χ0) is 22.5. The highest BCUT2D eigenvalue weighted by atomic mass is 32.2. The van der Waals surface area contributed by atoms with Crippen LogP contribution in [0.15, 0.2) is 58.5 Å². The summed E-state index contributed by atoms with van der Waals surface area (Å²) >= 11 is 2.31. The molecule has 2 N–H and O–H groups in total. The molecule has 0 atom stereocenters. The van der Waals surface area contributed by atoms with Crippen LogP contribution in [0.5, 0.6) is 0 Å². The molecule has 0 spiro atoms. The van der Waals surface area contributed by atoms with Gasteiger partial charge in [-0.2, -0.15) is 0 Å². The second-order valence-corrected chi connectivity index (χ2v) is 8.43. The van der Waals surface area contributed by atoms with Gasteiger partial charge < -0.3 is 10.1 Å². The number of ether oxygens (including phenoxy) is 1. The summed E-state index contributed by atoms with van der Waals surface area (Å²) in [6.45, 7) is 2.04. The van der Waals surface area contributed by atoms with Crippen molar-refractivity contribution >= 4 is 50.3 Å². The molecule has 0 aliphatic carbocycles. The van der Waals surface area contributed by atoms with Crippen molar-refractivity contribution in [2.45, 2.75) is 12.1 Å². The normalized spacial score (nSPS) is 10.8. The lowest BCUT2D eigenvalue weighted by Crippen LogP contribution is -2.17. The molecule has 162 valence electrons. The van der Waals surface area contributed by atoms with Gasteiger partial charge in [-0.25, -0.2) is 9.78 Å². The number of carbonyl (C=O) groups excluding carboxylic acids is 2. The maximum atomic E-state index is 12.3. The molecule has 11 heteroatoms. The number of thioether (sulfide) groups is 1. The average molecular weight is 468 g/mol. The predicted molar refractivity (Wildman–Crippen MR) is 123 cm³/mol. The van der Waals surface area contributed by atoms with Gasteiger partial charge in [0.15, 0.2) is 16.0 Å². The summed E-state index contributed by atoms with van der Waals surface area (Å²) in [4.78, 5) is 43.5. The van der Waals surface area contributed by atoms with Crippen LogP contribution in [-0.4, -0.2) is 44.4 Å². The zero-order valence-corrected chi connectivity index (χ0v) is 18.5. The minimum atomic E-state index is -0.404. The number of carbonyl (C=O) groups is 2. The highest BCUT2D eigenvalue weighted by molar-refractivity contribution is 7.99. The van der Waals surface area contributed by atoms with E-state index >= 15 is 0 Å². The van der Waals surface area contributed by atoms with E-state index in [4.69, 9.17) is 4.74 Å². The minimum Gasteiger partial charge on any atom is -0.462 e. The van der Waals surface area contributed by atoms with Gasteiger partial charge in [-0.1, -0.05) is 53.4 Å². The van der Waals surface area contributed by atoms with Crippen molar-refractivity contribution in [3.8, 4) is 11.3 Å². The number of esters is 1. The molecule has 2 aromatic heterocycles. The van der Waals surface area contributed by atoms with Gasteiger partial charge in [0.25, 0.3) is 5.56 Å². The Bertz CT molecular complexity index is 1340. The lowest BCUT2D eigenvalue weighted by molar-refractivity contribution is -0.113. The topological polar surface area (TPSA) is 127 Å². The summed E-state index contributed by atoms with van der Waals surface area (Å²) in [6.07, 6.45) is 0. The van der Waals surface area contributed by atoms with Crippen molar-refractivity contribution < 1.29 is 14.3 Å². The molecule has 2 aromatic carbocycles. The van der Waals surface area contributed by atoms with E-state index in [0.29, 0.717) is 28.4 Å². The van der Waals surface area contributed by atoms with E-state index in [1.807, 2.05) is 18.2 Å². The number of nitrogens with one attached hydrogen (secondary N) is 2. The third kappa shape index (κ3) is 5.01. The number of anilines is 1. The van der Waals surface area contributed by atoms with Gasteiger partial charge in [-0.15, -0.1) is 10.2 Å². The molecule has 2 heterocycles. The molecule has 0 aliphatic heterocycles. The molecule has 0 saturated heterocycles. The molecule has 0 unspecified atom stereocenters. The Hall–Kier alpha value is -3.57. The third-order valence-corrected chi connectivity index (χ3v) is 6.01. The summed E-state index contributed by atoms with van der Waals surface area (Å²) in [6, 6.07) is 14.0.